The van der Waals surface area contributed by atoms with E-state index in [4.69, 9.17) is 12.2 Å². The monoisotopic (exact) mass is 445 g/mol. The average Bonchev–Trinajstić information content (AvgIpc) is 2.74. The first-order valence-corrected chi connectivity index (χ1v) is 10.7. The number of thiocarbonyl (C=S) groups is 1. The molecular weight excluding hydrogens is 418 g/mol. The summed E-state index contributed by atoms with van der Waals surface area (Å²) in [5, 5.41) is 8.76. The van der Waals surface area contributed by atoms with Gasteiger partial charge < -0.3 is 10.6 Å². The van der Waals surface area contributed by atoms with Crippen molar-refractivity contribution in [2.24, 2.45) is 0 Å². The number of carbonyl (C=O) groups excluding carboxylic acids is 2. The quantitative estimate of drug-likeness (QED) is 0.453. The van der Waals surface area contributed by atoms with Crippen LogP contribution in [0.2, 0.25) is 0 Å². The van der Waals surface area contributed by atoms with Crippen LogP contribution in [-0.4, -0.2) is 16.9 Å². The lowest BCUT2D eigenvalue weighted by Gasteiger charge is -2.19. The van der Waals surface area contributed by atoms with Crippen molar-refractivity contribution in [1.29, 1.82) is 0 Å². The molecule has 2 amide bonds. The summed E-state index contributed by atoms with van der Waals surface area (Å²) in [6.07, 6.45) is 0. The summed E-state index contributed by atoms with van der Waals surface area (Å²) in [5.41, 5.74) is 4.63. The van der Waals surface area contributed by atoms with E-state index in [2.05, 4.69) is 36.7 Å². The molecule has 3 N–H and O–H groups in total. The molecule has 32 heavy (non-hydrogen) atoms. The number of amides is 2. The summed E-state index contributed by atoms with van der Waals surface area (Å²) in [5.74, 6) is -0.436. The first-order valence-electron chi connectivity index (χ1n) is 10.3. The van der Waals surface area contributed by atoms with Crippen LogP contribution in [0.4, 0.5) is 11.4 Å². The highest BCUT2D eigenvalue weighted by Gasteiger charge is 2.15. The fraction of sp³-hybridized carbons (Fsp3) is 0.192. The van der Waals surface area contributed by atoms with Crippen molar-refractivity contribution in [3.63, 3.8) is 0 Å². The molecule has 6 heteroatoms. The largest absolute Gasteiger partial charge is 0.332 e. The zero-order valence-corrected chi connectivity index (χ0v) is 19.5. The van der Waals surface area contributed by atoms with E-state index in [0.29, 0.717) is 22.5 Å². The fourth-order valence-corrected chi connectivity index (χ4v) is 3.33. The Bertz CT molecular complexity index is 1130. The Morgan fingerprint density at radius 3 is 1.88 bits per heavy atom. The van der Waals surface area contributed by atoms with E-state index in [1.165, 1.54) is 0 Å². The predicted octanol–water partition coefficient (Wildman–Crippen LogP) is 5.67. The highest BCUT2D eigenvalue weighted by molar-refractivity contribution is 7.80. The van der Waals surface area contributed by atoms with Crippen molar-refractivity contribution < 1.29 is 9.59 Å². The molecule has 0 radical (unpaired) electrons. The van der Waals surface area contributed by atoms with E-state index in [9.17, 15) is 9.59 Å². The second kappa shape index (κ2) is 9.75. The normalized spacial score (nSPS) is 10.9. The SMILES string of the molecule is Cc1ccccc1C(=O)Nc1ccc(NC(=S)NC(=O)c2ccc(C(C)(C)C)cc2)cc1. The zero-order valence-electron chi connectivity index (χ0n) is 18.7. The highest BCUT2D eigenvalue weighted by atomic mass is 32.1. The number of rotatable bonds is 4. The lowest BCUT2D eigenvalue weighted by atomic mass is 9.87. The van der Waals surface area contributed by atoms with E-state index in [-0.39, 0.29) is 22.3 Å². The van der Waals surface area contributed by atoms with Gasteiger partial charge in [0.2, 0.25) is 0 Å². The molecule has 0 spiro atoms. The van der Waals surface area contributed by atoms with Gasteiger partial charge in [0.1, 0.15) is 0 Å². The Morgan fingerprint density at radius 2 is 1.31 bits per heavy atom. The van der Waals surface area contributed by atoms with Crippen LogP contribution >= 0.6 is 12.2 Å². The lowest BCUT2D eigenvalue weighted by molar-refractivity contribution is 0.0976. The second-order valence-electron chi connectivity index (χ2n) is 8.58. The Balaban J connectivity index is 1.56. The first kappa shape index (κ1) is 23.2. The maximum atomic E-state index is 12.5. The Labute approximate surface area is 194 Å². The molecule has 3 aromatic rings. The van der Waals surface area contributed by atoms with Gasteiger partial charge in [-0.15, -0.1) is 0 Å². The van der Waals surface area contributed by atoms with Crippen LogP contribution in [0.5, 0.6) is 0 Å². The maximum Gasteiger partial charge on any atom is 0.257 e. The molecular formula is C26H27N3O2S. The van der Waals surface area contributed by atoms with Gasteiger partial charge in [-0.1, -0.05) is 51.1 Å². The Morgan fingerprint density at radius 1 is 0.750 bits per heavy atom. The molecule has 0 aliphatic rings. The molecule has 0 bridgehead atoms. The Hall–Kier alpha value is -3.51. The third kappa shape index (κ3) is 6.02. The number of hydrogen-bond acceptors (Lipinski definition) is 3. The number of nitrogens with one attached hydrogen (secondary N) is 3. The number of benzene rings is 3. The molecule has 0 unspecified atom stereocenters. The third-order valence-electron chi connectivity index (χ3n) is 5.03. The molecule has 164 valence electrons. The smallest absolute Gasteiger partial charge is 0.257 e. The molecule has 0 heterocycles. The summed E-state index contributed by atoms with van der Waals surface area (Å²) < 4.78 is 0. The van der Waals surface area contributed by atoms with Gasteiger partial charge in [-0.05, 0) is 78.1 Å². The maximum absolute atomic E-state index is 12.5. The van der Waals surface area contributed by atoms with E-state index >= 15 is 0 Å². The predicted molar refractivity (Wildman–Crippen MR) is 134 cm³/mol. The van der Waals surface area contributed by atoms with Crippen LogP contribution in [-0.2, 0) is 5.41 Å². The summed E-state index contributed by atoms with van der Waals surface area (Å²) in [6.45, 7) is 8.28. The molecule has 0 atom stereocenters. The molecule has 3 aromatic carbocycles. The van der Waals surface area contributed by atoms with Gasteiger partial charge in [0, 0.05) is 22.5 Å². The van der Waals surface area contributed by atoms with E-state index in [0.717, 1.165) is 11.1 Å². The lowest BCUT2D eigenvalue weighted by Crippen LogP contribution is -2.34. The summed E-state index contributed by atoms with van der Waals surface area (Å²) in [7, 11) is 0. The number of anilines is 2. The number of carbonyl (C=O) groups is 2. The van der Waals surface area contributed by atoms with Gasteiger partial charge in [-0.3, -0.25) is 14.9 Å². The van der Waals surface area contributed by atoms with E-state index in [1.54, 1.807) is 42.5 Å². The fourth-order valence-electron chi connectivity index (χ4n) is 3.12. The third-order valence-corrected chi connectivity index (χ3v) is 5.23. The van der Waals surface area contributed by atoms with Crippen LogP contribution in [0.1, 0.15) is 52.6 Å². The Kier molecular flexibility index (Phi) is 7.05. The van der Waals surface area contributed by atoms with Crippen molar-refractivity contribution in [2.75, 3.05) is 10.6 Å². The minimum atomic E-state index is -0.273. The van der Waals surface area contributed by atoms with Gasteiger partial charge in [-0.2, -0.15) is 0 Å². The van der Waals surface area contributed by atoms with Gasteiger partial charge in [0.05, 0.1) is 0 Å². The number of aryl methyl sites for hydroxylation is 1. The zero-order chi connectivity index (χ0) is 23.3. The van der Waals surface area contributed by atoms with Gasteiger partial charge in [0.25, 0.3) is 11.8 Å². The van der Waals surface area contributed by atoms with Gasteiger partial charge in [0.15, 0.2) is 5.11 Å². The second-order valence-corrected chi connectivity index (χ2v) is 8.99. The van der Waals surface area contributed by atoms with Crippen molar-refractivity contribution in [2.45, 2.75) is 33.1 Å². The molecule has 0 aliphatic carbocycles. The van der Waals surface area contributed by atoms with Gasteiger partial charge >= 0.3 is 0 Å². The summed E-state index contributed by atoms with van der Waals surface area (Å²) >= 11 is 5.27. The summed E-state index contributed by atoms with van der Waals surface area (Å²) in [4.78, 5) is 24.9. The highest BCUT2D eigenvalue weighted by Crippen LogP contribution is 2.22. The average molecular weight is 446 g/mol. The number of hydrogen-bond donors (Lipinski definition) is 3. The minimum absolute atomic E-state index is 0.0252. The van der Waals surface area contributed by atoms with Crippen molar-refractivity contribution in [3.05, 3.63) is 95.1 Å². The topological polar surface area (TPSA) is 70.2 Å². The van der Waals surface area contributed by atoms with Crippen molar-refractivity contribution in [1.82, 2.24) is 5.32 Å². The standard InChI is InChI=1S/C26H27N3O2S/c1-17-7-5-6-8-22(17)24(31)27-20-13-15-21(16-14-20)28-25(32)29-23(30)18-9-11-19(12-10-18)26(2,3)4/h5-16H,1-4H3,(H,27,31)(H2,28,29,30,32). The molecule has 5 nitrogen and oxygen atoms in total. The molecule has 3 rings (SSSR count). The minimum Gasteiger partial charge on any atom is -0.332 e. The van der Waals surface area contributed by atoms with Crippen LogP contribution in [0.15, 0.2) is 72.8 Å². The van der Waals surface area contributed by atoms with E-state index in [1.807, 2.05) is 37.3 Å². The molecule has 0 aliphatic heterocycles. The summed E-state index contributed by atoms with van der Waals surface area (Å²) in [6, 6.07) is 22.0. The molecule has 0 saturated carbocycles. The van der Waals surface area contributed by atoms with Crippen LogP contribution in [0.3, 0.4) is 0 Å². The van der Waals surface area contributed by atoms with Gasteiger partial charge in [-0.25, -0.2) is 0 Å². The van der Waals surface area contributed by atoms with Crippen molar-refractivity contribution >= 4 is 40.5 Å². The molecule has 0 saturated heterocycles. The van der Waals surface area contributed by atoms with Crippen LogP contribution < -0.4 is 16.0 Å². The molecule has 0 aromatic heterocycles. The van der Waals surface area contributed by atoms with Crippen LogP contribution in [0, 0.1) is 6.92 Å². The van der Waals surface area contributed by atoms with E-state index < -0.39 is 0 Å². The first-order chi connectivity index (χ1) is 15.1. The molecule has 0 fully saturated rings. The van der Waals surface area contributed by atoms with Crippen LogP contribution in [0.25, 0.3) is 0 Å². The van der Waals surface area contributed by atoms with Crippen molar-refractivity contribution in [3.8, 4) is 0 Å².